The molecule has 0 spiro atoms. The van der Waals surface area contributed by atoms with Gasteiger partial charge < -0.3 is 4.42 Å². The molecule has 0 unspecified atom stereocenters. The van der Waals surface area contributed by atoms with Crippen LogP contribution >= 0.6 is 11.5 Å². The molecule has 5 heteroatoms. The van der Waals surface area contributed by atoms with Crippen LogP contribution in [0.3, 0.4) is 0 Å². The summed E-state index contributed by atoms with van der Waals surface area (Å²) in [4.78, 5) is 4.49. The first-order valence-corrected chi connectivity index (χ1v) is 3.93. The SMILES string of the molecule is N#Cc1cnsc1-c1cnco1. The number of aromatic nitrogens is 2. The molecule has 4 nitrogen and oxygen atoms in total. The van der Waals surface area contributed by atoms with Crippen LogP contribution in [0.4, 0.5) is 0 Å². The van der Waals surface area contributed by atoms with Crippen LogP contribution in [0.25, 0.3) is 10.6 Å². The van der Waals surface area contributed by atoms with E-state index in [-0.39, 0.29) is 0 Å². The van der Waals surface area contributed by atoms with E-state index in [0.29, 0.717) is 11.3 Å². The van der Waals surface area contributed by atoms with E-state index in [0.717, 1.165) is 4.88 Å². The zero-order valence-corrected chi connectivity index (χ0v) is 6.71. The maximum absolute atomic E-state index is 8.66. The molecule has 0 N–H and O–H groups in total. The van der Waals surface area contributed by atoms with E-state index in [1.807, 2.05) is 6.07 Å². The van der Waals surface area contributed by atoms with Crippen LogP contribution < -0.4 is 0 Å². The van der Waals surface area contributed by atoms with Gasteiger partial charge in [-0.1, -0.05) is 0 Å². The molecule has 0 aromatic carbocycles. The van der Waals surface area contributed by atoms with Crippen LogP contribution in [0.2, 0.25) is 0 Å². The van der Waals surface area contributed by atoms with Crippen LogP contribution in [0.5, 0.6) is 0 Å². The van der Waals surface area contributed by atoms with E-state index in [2.05, 4.69) is 9.36 Å². The Morgan fingerprint density at radius 2 is 2.42 bits per heavy atom. The number of rotatable bonds is 1. The second-order valence-electron chi connectivity index (χ2n) is 2.05. The lowest BCUT2D eigenvalue weighted by molar-refractivity contribution is 0.573. The highest BCUT2D eigenvalue weighted by Crippen LogP contribution is 2.26. The average Bonchev–Trinajstić information content (AvgIpc) is 2.74. The number of hydrogen-bond donors (Lipinski definition) is 0. The lowest BCUT2D eigenvalue weighted by Crippen LogP contribution is -1.71. The lowest BCUT2D eigenvalue weighted by atomic mass is 10.3. The minimum absolute atomic E-state index is 0.525. The number of hydrogen-bond acceptors (Lipinski definition) is 5. The summed E-state index contributed by atoms with van der Waals surface area (Å²) in [5, 5.41) is 8.66. The van der Waals surface area contributed by atoms with E-state index >= 15 is 0 Å². The quantitative estimate of drug-likeness (QED) is 0.664. The van der Waals surface area contributed by atoms with Gasteiger partial charge in [-0.15, -0.1) is 0 Å². The smallest absolute Gasteiger partial charge is 0.181 e. The van der Waals surface area contributed by atoms with Crippen LogP contribution in [0.1, 0.15) is 5.56 Å². The van der Waals surface area contributed by atoms with Crippen LogP contribution in [-0.2, 0) is 0 Å². The predicted molar refractivity (Wildman–Crippen MR) is 42.3 cm³/mol. The first-order valence-electron chi connectivity index (χ1n) is 3.15. The minimum atomic E-state index is 0.525. The Hall–Kier alpha value is -1.67. The van der Waals surface area contributed by atoms with Crippen LogP contribution in [0, 0.1) is 11.3 Å². The van der Waals surface area contributed by atoms with E-state index < -0.39 is 0 Å². The molecule has 0 fully saturated rings. The second-order valence-corrected chi connectivity index (χ2v) is 2.85. The molecule has 2 heterocycles. The van der Waals surface area contributed by atoms with Gasteiger partial charge >= 0.3 is 0 Å². The van der Waals surface area contributed by atoms with Gasteiger partial charge in [-0.2, -0.15) is 9.64 Å². The molecule has 0 aliphatic heterocycles. The Bertz CT molecular complexity index is 412. The average molecular weight is 177 g/mol. The molecule has 0 atom stereocenters. The van der Waals surface area contributed by atoms with E-state index in [1.165, 1.54) is 24.1 Å². The zero-order valence-electron chi connectivity index (χ0n) is 5.89. The Morgan fingerprint density at radius 1 is 1.50 bits per heavy atom. The third kappa shape index (κ3) is 0.984. The largest absolute Gasteiger partial charge is 0.443 e. The van der Waals surface area contributed by atoms with Gasteiger partial charge in [0.2, 0.25) is 0 Å². The Morgan fingerprint density at radius 3 is 3.08 bits per heavy atom. The van der Waals surface area contributed by atoms with E-state index in [9.17, 15) is 0 Å². The normalized spacial score (nSPS) is 9.58. The van der Waals surface area contributed by atoms with Crippen molar-refractivity contribution < 1.29 is 4.42 Å². The molecule has 0 radical (unpaired) electrons. The molecule has 0 saturated carbocycles. The van der Waals surface area contributed by atoms with Crippen molar-refractivity contribution >= 4 is 11.5 Å². The van der Waals surface area contributed by atoms with E-state index in [1.54, 1.807) is 6.20 Å². The lowest BCUT2D eigenvalue weighted by Gasteiger charge is -1.86. The fourth-order valence-corrected chi connectivity index (χ4v) is 1.48. The summed E-state index contributed by atoms with van der Waals surface area (Å²) in [6.07, 6.45) is 4.41. The van der Waals surface area contributed by atoms with Gasteiger partial charge in [0.25, 0.3) is 0 Å². The van der Waals surface area contributed by atoms with Crippen molar-refractivity contribution in [2.75, 3.05) is 0 Å². The predicted octanol–water partition coefficient (Wildman–Crippen LogP) is 1.67. The van der Waals surface area contributed by atoms with Crippen molar-refractivity contribution in [3.63, 3.8) is 0 Å². The first-order chi connectivity index (χ1) is 5.92. The third-order valence-electron chi connectivity index (χ3n) is 1.35. The van der Waals surface area contributed by atoms with Gasteiger partial charge in [0.05, 0.1) is 18.0 Å². The van der Waals surface area contributed by atoms with Crippen molar-refractivity contribution in [2.24, 2.45) is 0 Å². The molecule has 0 amide bonds. The van der Waals surface area contributed by atoms with Gasteiger partial charge in [0.15, 0.2) is 12.2 Å². The highest BCUT2D eigenvalue weighted by Gasteiger charge is 2.09. The van der Waals surface area contributed by atoms with Gasteiger partial charge in [0, 0.05) is 0 Å². The molecule has 0 bridgehead atoms. The standard InChI is InChI=1S/C7H3N3OS/c8-1-5-2-10-12-7(5)6-3-9-4-11-6/h2-4H. The van der Waals surface area contributed by atoms with Gasteiger partial charge in [-0.3, -0.25) is 0 Å². The van der Waals surface area contributed by atoms with Crippen molar-refractivity contribution in [3.05, 3.63) is 24.4 Å². The molecule has 0 aliphatic rings. The van der Waals surface area contributed by atoms with E-state index in [4.69, 9.17) is 9.68 Å². The Balaban J connectivity index is 2.55. The maximum Gasteiger partial charge on any atom is 0.181 e. The van der Waals surface area contributed by atoms with Crippen LogP contribution in [-0.4, -0.2) is 9.36 Å². The monoisotopic (exact) mass is 177 g/mol. The fraction of sp³-hybridized carbons (Fsp3) is 0. The van der Waals surface area contributed by atoms with Gasteiger partial charge in [0.1, 0.15) is 10.9 Å². The van der Waals surface area contributed by atoms with Crippen molar-refractivity contribution in [3.8, 4) is 16.7 Å². The molecule has 2 rings (SSSR count). The molecule has 2 aromatic rings. The maximum atomic E-state index is 8.66. The first kappa shape index (κ1) is 7.00. The summed E-state index contributed by atoms with van der Waals surface area (Å²) < 4.78 is 8.91. The highest BCUT2D eigenvalue weighted by molar-refractivity contribution is 7.09. The number of nitrogens with zero attached hydrogens (tertiary/aromatic N) is 3. The summed E-state index contributed by atoms with van der Waals surface area (Å²) in [7, 11) is 0. The van der Waals surface area contributed by atoms with Gasteiger partial charge in [-0.05, 0) is 11.5 Å². The van der Waals surface area contributed by atoms with Gasteiger partial charge in [-0.25, -0.2) is 4.98 Å². The Labute approximate surface area is 72.3 Å². The van der Waals surface area contributed by atoms with Crippen molar-refractivity contribution in [1.82, 2.24) is 9.36 Å². The highest BCUT2D eigenvalue weighted by atomic mass is 32.1. The summed E-state index contributed by atoms with van der Waals surface area (Å²) in [5.74, 6) is 0.592. The van der Waals surface area contributed by atoms with Crippen LogP contribution in [0.15, 0.2) is 23.2 Å². The zero-order chi connectivity index (χ0) is 8.39. The number of oxazole rings is 1. The summed E-state index contributed by atoms with van der Waals surface area (Å²) in [6, 6.07) is 2.02. The molecule has 0 saturated heterocycles. The molecule has 0 aliphatic carbocycles. The summed E-state index contributed by atoms with van der Waals surface area (Å²) >= 11 is 1.23. The minimum Gasteiger partial charge on any atom is -0.443 e. The molecular formula is C7H3N3OS. The molecular weight excluding hydrogens is 174 g/mol. The molecule has 58 valence electrons. The number of nitriles is 1. The molecule has 2 aromatic heterocycles. The fourth-order valence-electron chi connectivity index (χ4n) is 0.825. The Kier molecular flexibility index (Phi) is 1.61. The second kappa shape index (κ2) is 2.75. The topological polar surface area (TPSA) is 62.7 Å². The third-order valence-corrected chi connectivity index (χ3v) is 2.16. The van der Waals surface area contributed by atoms with Crippen molar-refractivity contribution in [2.45, 2.75) is 0 Å². The summed E-state index contributed by atoms with van der Waals surface area (Å²) in [5.41, 5.74) is 0.525. The summed E-state index contributed by atoms with van der Waals surface area (Å²) in [6.45, 7) is 0. The molecule has 12 heavy (non-hydrogen) atoms. The van der Waals surface area contributed by atoms with Crippen molar-refractivity contribution in [1.29, 1.82) is 5.26 Å².